The summed E-state index contributed by atoms with van der Waals surface area (Å²) in [7, 11) is 0. The predicted molar refractivity (Wildman–Crippen MR) is 100.0 cm³/mol. The molecule has 1 N–H and O–H groups in total. The highest BCUT2D eigenvalue weighted by Gasteiger charge is 2.18. The Morgan fingerprint density at radius 2 is 1.41 bits per heavy atom. The third-order valence-corrected chi connectivity index (χ3v) is 5.06. The molecule has 0 spiro atoms. The van der Waals surface area contributed by atoms with Crippen LogP contribution in [0.1, 0.15) is 90.4 Å². The fraction of sp³-hybridized carbons (Fsp3) is 1.00. The van der Waals surface area contributed by atoms with Crippen LogP contribution in [-0.2, 0) is 0 Å². The second kappa shape index (κ2) is 16.1. The first-order valence-corrected chi connectivity index (χ1v) is 9.70. The molecule has 0 atom stereocenters. The molecule has 0 bridgehead atoms. The summed E-state index contributed by atoms with van der Waals surface area (Å²) in [6.45, 7) is 6.44. The van der Waals surface area contributed by atoms with Crippen molar-refractivity contribution in [2.75, 3.05) is 26.2 Å². The van der Waals surface area contributed by atoms with Crippen molar-refractivity contribution in [2.24, 2.45) is 5.92 Å². The van der Waals surface area contributed by atoms with E-state index in [4.69, 9.17) is 5.11 Å². The Morgan fingerprint density at radius 1 is 0.818 bits per heavy atom. The normalized spacial score (nSPS) is 16.6. The molecule has 1 aliphatic rings. The van der Waals surface area contributed by atoms with Gasteiger partial charge in [0, 0.05) is 6.61 Å². The van der Waals surface area contributed by atoms with Crippen molar-refractivity contribution in [3.05, 3.63) is 0 Å². The minimum absolute atomic E-state index is 0. The Bertz CT molecular complexity index is 217. The van der Waals surface area contributed by atoms with E-state index < -0.39 is 0 Å². The zero-order chi connectivity index (χ0) is 15.2. The molecule has 0 aromatic carbocycles. The monoisotopic (exact) mass is 333 g/mol. The maximum atomic E-state index is 8.82. The number of aliphatic hydroxyl groups excluding tert-OH is 1. The molecule has 1 saturated heterocycles. The molecule has 1 heterocycles. The fourth-order valence-corrected chi connectivity index (χ4v) is 3.51. The number of nitrogens with zero attached hydrogens (tertiary/aromatic N) is 1. The summed E-state index contributed by atoms with van der Waals surface area (Å²) < 4.78 is 0. The highest BCUT2D eigenvalue weighted by Crippen LogP contribution is 2.23. The first-order chi connectivity index (χ1) is 10.4. The molecule has 0 radical (unpaired) electrons. The van der Waals surface area contributed by atoms with Gasteiger partial charge in [-0.2, -0.15) is 0 Å². The smallest absolute Gasteiger partial charge is 0.0431 e. The maximum absolute atomic E-state index is 8.82. The SMILES string of the molecule is CCCCCCCCCCC1CCN(CCCCO)CC1.Cl. The highest BCUT2D eigenvalue weighted by atomic mass is 35.5. The number of likely N-dealkylation sites (tertiary alicyclic amines) is 1. The van der Waals surface area contributed by atoms with Crippen molar-refractivity contribution in [3.63, 3.8) is 0 Å². The van der Waals surface area contributed by atoms with Crippen LogP contribution >= 0.6 is 12.4 Å². The second-order valence-electron chi connectivity index (χ2n) is 6.98. The lowest BCUT2D eigenvalue weighted by molar-refractivity contribution is 0.169. The van der Waals surface area contributed by atoms with Crippen LogP contribution in [0, 0.1) is 5.92 Å². The van der Waals surface area contributed by atoms with Gasteiger partial charge in [-0.3, -0.25) is 0 Å². The van der Waals surface area contributed by atoms with Gasteiger partial charge in [0.25, 0.3) is 0 Å². The van der Waals surface area contributed by atoms with Crippen LogP contribution < -0.4 is 0 Å². The molecule has 0 saturated carbocycles. The lowest BCUT2D eigenvalue weighted by Crippen LogP contribution is -2.34. The van der Waals surface area contributed by atoms with Crippen molar-refractivity contribution in [3.8, 4) is 0 Å². The third-order valence-electron chi connectivity index (χ3n) is 5.06. The van der Waals surface area contributed by atoms with E-state index in [1.165, 1.54) is 96.7 Å². The molecule has 0 aliphatic carbocycles. The summed E-state index contributed by atoms with van der Waals surface area (Å²) in [5.74, 6) is 0.999. The Balaban J connectivity index is 0.00000441. The average Bonchev–Trinajstić information content (AvgIpc) is 2.52. The molecule has 1 fully saturated rings. The topological polar surface area (TPSA) is 23.5 Å². The van der Waals surface area contributed by atoms with E-state index in [1.54, 1.807) is 0 Å². The van der Waals surface area contributed by atoms with E-state index >= 15 is 0 Å². The number of hydrogen-bond acceptors (Lipinski definition) is 2. The Labute approximate surface area is 145 Å². The molecule has 3 heteroatoms. The van der Waals surface area contributed by atoms with Crippen LogP contribution in [0.3, 0.4) is 0 Å². The number of piperidine rings is 1. The van der Waals surface area contributed by atoms with E-state index in [0.717, 1.165) is 12.3 Å². The molecular formula is C19H40ClNO. The average molecular weight is 334 g/mol. The summed E-state index contributed by atoms with van der Waals surface area (Å²) in [5, 5.41) is 8.82. The van der Waals surface area contributed by atoms with E-state index in [1.807, 2.05) is 0 Å². The molecule has 0 aromatic heterocycles. The lowest BCUT2D eigenvalue weighted by atomic mass is 9.91. The van der Waals surface area contributed by atoms with Crippen molar-refractivity contribution in [2.45, 2.75) is 90.4 Å². The lowest BCUT2D eigenvalue weighted by Gasteiger charge is -2.32. The van der Waals surface area contributed by atoms with Gasteiger partial charge in [0.15, 0.2) is 0 Å². The van der Waals surface area contributed by atoms with Crippen LogP contribution in [0.4, 0.5) is 0 Å². The Kier molecular flexibility index (Phi) is 16.2. The molecule has 0 unspecified atom stereocenters. The summed E-state index contributed by atoms with van der Waals surface area (Å²) in [5.41, 5.74) is 0. The number of unbranched alkanes of at least 4 members (excludes halogenated alkanes) is 8. The summed E-state index contributed by atoms with van der Waals surface area (Å²) >= 11 is 0. The first-order valence-electron chi connectivity index (χ1n) is 9.70. The maximum Gasteiger partial charge on any atom is 0.0431 e. The molecule has 134 valence electrons. The van der Waals surface area contributed by atoms with E-state index in [9.17, 15) is 0 Å². The second-order valence-corrected chi connectivity index (χ2v) is 6.98. The quantitative estimate of drug-likeness (QED) is 0.455. The largest absolute Gasteiger partial charge is 0.396 e. The molecule has 1 aliphatic heterocycles. The van der Waals surface area contributed by atoms with Crippen molar-refractivity contribution in [1.82, 2.24) is 4.90 Å². The molecular weight excluding hydrogens is 294 g/mol. The molecule has 0 aromatic rings. The summed E-state index contributed by atoms with van der Waals surface area (Å²) in [6.07, 6.45) is 18.0. The van der Waals surface area contributed by atoms with Gasteiger partial charge in [-0.1, -0.05) is 64.7 Å². The number of aliphatic hydroxyl groups is 1. The van der Waals surface area contributed by atoms with E-state index in [-0.39, 0.29) is 12.4 Å². The van der Waals surface area contributed by atoms with Gasteiger partial charge in [0.2, 0.25) is 0 Å². The van der Waals surface area contributed by atoms with Gasteiger partial charge < -0.3 is 10.0 Å². The van der Waals surface area contributed by atoms with Crippen LogP contribution in [0.25, 0.3) is 0 Å². The fourth-order valence-electron chi connectivity index (χ4n) is 3.51. The van der Waals surface area contributed by atoms with Crippen molar-refractivity contribution < 1.29 is 5.11 Å². The molecule has 1 rings (SSSR count). The van der Waals surface area contributed by atoms with Crippen LogP contribution in [-0.4, -0.2) is 36.2 Å². The van der Waals surface area contributed by atoms with Gasteiger partial charge in [-0.15, -0.1) is 12.4 Å². The van der Waals surface area contributed by atoms with E-state index in [2.05, 4.69) is 11.8 Å². The minimum atomic E-state index is 0. The van der Waals surface area contributed by atoms with Crippen LogP contribution in [0.15, 0.2) is 0 Å². The van der Waals surface area contributed by atoms with Crippen molar-refractivity contribution in [1.29, 1.82) is 0 Å². The van der Waals surface area contributed by atoms with Gasteiger partial charge in [-0.25, -0.2) is 0 Å². The highest BCUT2D eigenvalue weighted by molar-refractivity contribution is 5.85. The van der Waals surface area contributed by atoms with Crippen molar-refractivity contribution >= 4 is 12.4 Å². The Morgan fingerprint density at radius 3 is 2.00 bits per heavy atom. The molecule has 2 nitrogen and oxygen atoms in total. The molecule has 0 amide bonds. The molecule has 22 heavy (non-hydrogen) atoms. The first kappa shape index (κ1) is 22.2. The Hall–Kier alpha value is 0.210. The summed E-state index contributed by atoms with van der Waals surface area (Å²) in [4.78, 5) is 2.60. The minimum Gasteiger partial charge on any atom is -0.396 e. The third kappa shape index (κ3) is 11.7. The predicted octanol–water partition coefficient (Wildman–Crippen LogP) is 5.42. The zero-order valence-corrected chi connectivity index (χ0v) is 15.7. The zero-order valence-electron chi connectivity index (χ0n) is 14.9. The van der Waals surface area contributed by atoms with Crippen LogP contribution in [0.2, 0.25) is 0 Å². The van der Waals surface area contributed by atoms with E-state index in [0.29, 0.717) is 6.61 Å². The van der Waals surface area contributed by atoms with Gasteiger partial charge in [-0.05, 0) is 51.2 Å². The van der Waals surface area contributed by atoms with Gasteiger partial charge >= 0.3 is 0 Å². The van der Waals surface area contributed by atoms with Gasteiger partial charge in [0.1, 0.15) is 0 Å². The standard InChI is InChI=1S/C19H39NO.ClH/c1-2-3-4-5-6-7-8-9-12-19-13-16-20(17-14-19)15-10-11-18-21;/h19,21H,2-18H2,1H3;1H. The van der Waals surface area contributed by atoms with Gasteiger partial charge in [0.05, 0.1) is 0 Å². The number of rotatable bonds is 13. The van der Waals surface area contributed by atoms with Crippen LogP contribution in [0.5, 0.6) is 0 Å². The summed E-state index contributed by atoms with van der Waals surface area (Å²) in [6, 6.07) is 0. The number of hydrogen-bond donors (Lipinski definition) is 1. The number of halogens is 1.